The van der Waals surface area contributed by atoms with E-state index in [0.717, 1.165) is 0 Å². The second-order valence-electron chi connectivity index (χ2n) is 4.52. The summed E-state index contributed by atoms with van der Waals surface area (Å²) in [7, 11) is 2.19. The summed E-state index contributed by atoms with van der Waals surface area (Å²) in [5.41, 5.74) is 0.550. The standard InChI is InChI=1S/C11H25N/c1-6-11(3,4)9-8-10-12(5)7-2/h6-10H2,1-5H3. The van der Waals surface area contributed by atoms with Crippen LogP contribution in [-0.4, -0.2) is 25.0 Å². The summed E-state index contributed by atoms with van der Waals surface area (Å²) in [6, 6.07) is 0. The number of hydrogen-bond acceptors (Lipinski definition) is 1. The van der Waals surface area contributed by atoms with Crippen LogP contribution in [-0.2, 0) is 0 Å². The van der Waals surface area contributed by atoms with Gasteiger partial charge in [-0.05, 0) is 38.4 Å². The molecule has 0 heterocycles. The minimum atomic E-state index is 0.550. The smallest absolute Gasteiger partial charge is 0.00217 e. The van der Waals surface area contributed by atoms with Gasteiger partial charge in [-0.2, -0.15) is 0 Å². The Morgan fingerprint density at radius 2 is 1.75 bits per heavy atom. The van der Waals surface area contributed by atoms with Crippen LogP contribution in [0.2, 0.25) is 0 Å². The van der Waals surface area contributed by atoms with E-state index < -0.39 is 0 Å². The lowest BCUT2D eigenvalue weighted by molar-refractivity contribution is 0.272. The first-order valence-corrected chi connectivity index (χ1v) is 5.20. The molecule has 0 bridgehead atoms. The fraction of sp³-hybridized carbons (Fsp3) is 1.00. The van der Waals surface area contributed by atoms with Crippen LogP contribution >= 0.6 is 0 Å². The maximum absolute atomic E-state index is 2.38. The van der Waals surface area contributed by atoms with Crippen molar-refractivity contribution in [3.8, 4) is 0 Å². The Kier molecular flexibility index (Phi) is 5.56. The first kappa shape index (κ1) is 12.0. The highest BCUT2D eigenvalue weighted by molar-refractivity contribution is 4.66. The van der Waals surface area contributed by atoms with Gasteiger partial charge < -0.3 is 4.90 Å². The van der Waals surface area contributed by atoms with E-state index in [1.807, 2.05) is 0 Å². The molecular formula is C11H25N. The van der Waals surface area contributed by atoms with Crippen LogP contribution < -0.4 is 0 Å². The van der Waals surface area contributed by atoms with Crippen LogP contribution in [0.4, 0.5) is 0 Å². The molecule has 0 aliphatic heterocycles. The Morgan fingerprint density at radius 1 is 1.17 bits per heavy atom. The quantitative estimate of drug-likeness (QED) is 0.593. The van der Waals surface area contributed by atoms with Crippen LogP contribution in [0.25, 0.3) is 0 Å². The number of rotatable bonds is 6. The monoisotopic (exact) mass is 171 g/mol. The lowest BCUT2D eigenvalue weighted by atomic mass is 9.85. The Morgan fingerprint density at radius 3 is 2.17 bits per heavy atom. The zero-order valence-electron chi connectivity index (χ0n) is 9.48. The highest BCUT2D eigenvalue weighted by atomic mass is 15.1. The van der Waals surface area contributed by atoms with Gasteiger partial charge in [0.05, 0.1) is 0 Å². The van der Waals surface area contributed by atoms with Gasteiger partial charge in [0.2, 0.25) is 0 Å². The van der Waals surface area contributed by atoms with Crippen LogP contribution in [0.3, 0.4) is 0 Å². The van der Waals surface area contributed by atoms with Gasteiger partial charge in [0.1, 0.15) is 0 Å². The van der Waals surface area contributed by atoms with E-state index in [0.29, 0.717) is 5.41 Å². The highest BCUT2D eigenvalue weighted by Gasteiger charge is 2.13. The third kappa shape index (κ3) is 5.59. The topological polar surface area (TPSA) is 3.24 Å². The summed E-state index contributed by atoms with van der Waals surface area (Å²) in [5.74, 6) is 0. The Hall–Kier alpha value is -0.0400. The van der Waals surface area contributed by atoms with Crippen LogP contribution in [0.1, 0.15) is 47.0 Å². The van der Waals surface area contributed by atoms with E-state index in [9.17, 15) is 0 Å². The summed E-state index contributed by atoms with van der Waals surface area (Å²) in [4.78, 5) is 2.38. The first-order chi connectivity index (χ1) is 5.52. The van der Waals surface area contributed by atoms with Crippen LogP contribution in [0.5, 0.6) is 0 Å². The van der Waals surface area contributed by atoms with E-state index in [1.165, 1.54) is 32.4 Å². The predicted octanol–water partition coefficient (Wildman–Crippen LogP) is 3.15. The van der Waals surface area contributed by atoms with E-state index in [2.05, 4.69) is 39.6 Å². The van der Waals surface area contributed by atoms with Crippen molar-refractivity contribution in [1.82, 2.24) is 4.90 Å². The predicted molar refractivity (Wildman–Crippen MR) is 56.5 cm³/mol. The molecule has 0 spiro atoms. The van der Waals surface area contributed by atoms with Crippen molar-refractivity contribution in [2.45, 2.75) is 47.0 Å². The van der Waals surface area contributed by atoms with Gasteiger partial charge in [-0.1, -0.05) is 34.1 Å². The summed E-state index contributed by atoms with van der Waals surface area (Å²) in [6.07, 6.45) is 3.99. The molecule has 0 N–H and O–H groups in total. The third-order valence-electron chi connectivity index (χ3n) is 2.89. The van der Waals surface area contributed by atoms with Gasteiger partial charge in [0.25, 0.3) is 0 Å². The van der Waals surface area contributed by atoms with Gasteiger partial charge in [0, 0.05) is 0 Å². The van der Waals surface area contributed by atoms with Crippen molar-refractivity contribution in [1.29, 1.82) is 0 Å². The molecule has 0 unspecified atom stereocenters. The molecule has 0 aromatic rings. The van der Waals surface area contributed by atoms with Crippen molar-refractivity contribution >= 4 is 0 Å². The normalized spacial score (nSPS) is 12.5. The lowest BCUT2D eigenvalue weighted by Crippen LogP contribution is -2.20. The minimum absolute atomic E-state index is 0.550. The minimum Gasteiger partial charge on any atom is -0.307 e. The second-order valence-corrected chi connectivity index (χ2v) is 4.52. The van der Waals surface area contributed by atoms with E-state index in [1.54, 1.807) is 0 Å². The van der Waals surface area contributed by atoms with Crippen molar-refractivity contribution in [2.75, 3.05) is 20.1 Å². The Balaban J connectivity index is 3.42. The summed E-state index contributed by atoms with van der Waals surface area (Å²) in [5, 5.41) is 0. The molecule has 0 aromatic carbocycles. The molecule has 1 nitrogen and oxygen atoms in total. The van der Waals surface area contributed by atoms with Crippen LogP contribution in [0.15, 0.2) is 0 Å². The fourth-order valence-electron chi connectivity index (χ4n) is 1.16. The van der Waals surface area contributed by atoms with Crippen molar-refractivity contribution in [3.05, 3.63) is 0 Å². The molecule has 0 aliphatic carbocycles. The molecule has 12 heavy (non-hydrogen) atoms. The lowest BCUT2D eigenvalue weighted by Gasteiger charge is -2.23. The zero-order valence-corrected chi connectivity index (χ0v) is 9.48. The van der Waals surface area contributed by atoms with Gasteiger partial charge in [0.15, 0.2) is 0 Å². The van der Waals surface area contributed by atoms with Crippen molar-refractivity contribution in [2.24, 2.45) is 5.41 Å². The maximum Gasteiger partial charge on any atom is -0.00217 e. The van der Waals surface area contributed by atoms with Crippen LogP contribution in [0, 0.1) is 5.41 Å². The summed E-state index contributed by atoms with van der Waals surface area (Å²) in [6.45, 7) is 11.6. The molecule has 0 fully saturated rings. The number of nitrogens with zero attached hydrogens (tertiary/aromatic N) is 1. The highest BCUT2D eigenvalue weighted by Crippen LogP contribution is 2.25. The van der Waals surface area contributed by atoms with Crippen molar-refractivity contribution < 1.29 is 0 Å². The molecule has 74 valence electrons. The van der Waals surface area contributed by atoms with Crippen molar-refractivity contribution in [3.63, 3.8) is 0 Å². The van der Waals surface area contributed by atoms with E-state index in [4.69, 9.17) is 0 Å². The Labute approximate surface area is 78.1 Å². The van der Waals surface area contributed by atoms with E-state index in [-0.39, 0.29) is 0 Å². The molecule has 0 amide bonds. The average molecular weight is 171 g/mol. The molecule has 0 aromatic heterocycles. The summed E-state index contributed by atoms with van der Waals surface area (Å²) < 4.78 is 0. The summed E-state index contributed by atoms with van der Waals surface area (Å²) >= 11 is 0. The average Bonchev–Trinajstić information content (AvgIpc) is 2.04. The molecule has 0 saturated heterocycles. The molecule has 0 saturated carbocycles. The number of hydrogen-bond donors (Lipinski definition) is 0. The van der Waals surface area contributed by atoms with Gasteiger partial charge in [-0.25, -0.2) is 0 Å². The second kappa shape index (κ2) is 5.58. The molecular weight excluding hydrogens is 146 g/mol. The third-order valence-corrected chi connectivity index (χ3v) is 2.89. The molecule has 0 atom stereocenters. The zero-order chi connectivity index (χ0) is 9.61. The Bertz CT molecular complexity index is 108. The van der Waals surface area contributed by atoms with Gasteiger partial charge in [-0.3, -0.25) is 0 Å². The van der Waals surface area contributed by atoms with Gasteiger partial charge >= 0.3 is 0 Å². The first-order valence-electron chi connectivity index (χ1n) is 5.20. The molecule has 0 rings (SSSR count). The van der Waals surface area contributed by atoms with Gasteiger partial charge in [-0.15, -0.1) is 0 Å². The molecule has 0 aliphatic rings. The molecule has 1 heteroatoms. The van der Waals surface area contributed by atoms with E-state index >= 15 is 0 Å². The maximum atomic E-state index is 2.38. The SMILES string of the molecule is CCN(C)CCCC(C)(C)CC. The molecule has 0 radical (unpaired) electrons. The largest absolute Gasteiger partial charge is 0.307 e. The fourth-order valence-corrected chi connectivity index (χ4v) is 1.16.